The van der Waals surface area contributed by atoms with Crippen molar-refractivity contribution in [2.45, 2.75) is 32.9 Å². The molecule has 1 aromatic carbocycles. The number of benzene rings is 1. The number of alkyl carbamates (subject to hydrolysis) is 1. The van der Waals surface area contributed by atoms with E-state index in [1.165, 1.54) is 12.3 Å². The van der Waals surface area contributed by atoms with Crippen molar-refractivity contribution in [2.75, 3.05) is 0 Å². The number of carbonyl (C=O) groups excluding carboxylic acids is 1. The molecule has 31 heavy (non-hydrogen) atoms. The number of imidazole rings is 1. The topological polar surface area (TPSA) is 193 Å². The van der Waals surface area contributed by atoms with E-state index in [2.05, 4.69) is 25.3 Å². The van der Waals surface area contributed by atoms with Crippen LogP contribution < -0.4 is 10.9 Å². The number of aromatic carboxylic acids is 1. The number of nitrogens with one attached hydrogen (secondary N) is 3. The Labute approximate surface area is 173 Å². The molecule has 0 aliphatic carbocycles. The molecule has 0 atom stereocenters. The minimum absolute atomic E-state index is 0.000542. The molecule has 13 heteroatoms. The third kappa shape index (κ3) is 4.83. The number of carboxylic acids is 1. The fourth-order valence-corrected chi connectivity index (χ4v) is 2.66. The summed E-state index contributed by atoms with van der Waals surface area (Å²) in [6, 6.07) is 2.31. The number of hydrogen-bond acceptors (Lipinski definition) is 8. The van der Waals surface area contributed by atoms with Crippen molar-refractivity contribution in [2.24, 2.45) is 0 Å². The van der Waals surface area contributed by atoms with Gasteiger partial charge in [0.15, 0.2) is 0 Å². The average Bonchev–Trinajstić information content (AvgIpc) is 3.12. The van der Waals surface area contributed by atoms with Gasteiger partial charge in [-0.25, -0.2) is 19.6 Å². The maximum atomic E-state index is 11.8. The highest BCUT2D eigenvalue weighted by molar-refractivity contribution is 5.90. The van der Waals surface area contributed by atoms with Crippen LogP contribution in [0.3, 0.4) is 0 Å². The van der Waals surface area contributed by atoms with Gasteiger partial charge >= 0.3 is 12.1 Å². The number of nitro benzene ring substituents is 1. The standard InChI is InChI=1S/C18H18N6O7/c1-18(2,3)23-17(28)31-7-8-6-19-14(20-8)9-4-10-11(5-12(9)24(29)30)22-15(25)13(21-10)16(26)27/h4-6H,7H2,1-3H3,(H,19,20)(H,22,25)(H,23,28)(H,26,27). The Bertz CT molecular complexity index is 1250. The van der Waals surface area contributed by atoms with Crippen molar-refractivity contribution >= 4 is 28.8 Å². The van der Waals surface area contributed by atoms with E-state index in [1.807, 2.05) is 0 Å². The number of aromatic amines is 2. The summed E-state index contributed by atoms with van der Waals surface area (Å²) in [5.74, 6) is -1.46. The summed E-state index contributed by atoms with van der Waals surface area (Å²) in [5, 5.41) is 23.2. The van der Waals surface area contributed by atoms with Gasteiger partial charge < -0.3 is 25.1 Å². The van der Waals surface area contributed by atoms with E-state index >= 15 is 0 Å². The van der Waals surface area contributed by atoms with Crippen molar-refractivity contribution in [1.82, 2.24) is 25.3 Å². The predicted molar refractivity (Wildman–Crippen MR) is 107 cm³/mol. The van der Waals surface area contributed by atoms with Crippen LogP contribution in [0, 0.1) is 10.1 Å². The Morgan fingerprint density at radius 3 is 2.61 bits per heavy atom. The van der Waals surface area contributed by atoms with Gasteiger partial charge in [0.25, 0.3) is 11.2 Å². The lowest BCUT2D eigenvalue weighted by Crippen LogP contribution is -2.40. The molecular formula is C18H18N6O7. The normalized spacial score (nSPS) is 11.3. The van der Waals surface area contributed by atoms with Gasteiger partial charge in [-0.15, -0.1) is 0 Å². The summed E-state index contributed by atoms with van der Waals surface area (Å²) >= 11 is 0. The number of ether oxygens (including phenoxy) is 1. The third-order valence-electron chi connectivity index (χ3n) is 3.93. The second-order valence-corrected chi connectivity index (χ2v) is 7.57. The predicted octanol–water partition coefficient (Wildman–Crippen LogP) is 1.94. The summed E-state index contributed by atoms with van der Waals surface area (Å²) in [4.78, 5) is 58.5. The number of aromatic nitrogens is 4. The molecule has 2 heterocycles. The van der Waals surface area contributed by atoms with Gasteiger partial charge in [-0.05, 0) is 26.8 Å². The molecule has 0 fully saturated rings. The van der Waals surface area contributed by atoms with Crippen molar-refractivity contribution in [1.29, 1.82) is 0 Å². The number of hydrogen-bond donors (Lipinski definition) is 4. The van der Waals surface area contributed by atoms with E-state index < -0.39 is 33.8 Å². The average molecular weight is 430 g/mol. The van der Waals surface area contributed by atoms with Crippen LogP contribution in [0.25, 0.3) is 22.4 Å². The summed E-state index contributed by atoms with van der Waals surface area (Å²) in [6.45, 7) is 5.21. The van der Waals surface area contributed by atoms with Crippen LogP contribution in [0.15, 0.2) is 23.1 Å². The Kier molecular flexibility index (Phi) is 5.43. The van der Waals surface area contributed by atoms with Crippen LogP contribution in [0.5, 0.6) is 0 Å². The second kappa shape index (κ2) is 7.85. The first-order valence-electron chi connectivity index (χ1n) is 8.89. The van der Waals surface area contributed by atoms with Gasteiger partial charge in [0.05, 0.1) is 33.4 Å². The Hall–Kier alpha value is -4.29. The largest absolute Gasteiger partial charge is 0.476 e. The lowest BCUT2D eigenvalue weighted by atomic mass is 10.1. The van der Waals surface area contributed by atoms with Crippen LogP contribution in [0.4, 0.5) is 10.5 Å². The quantitative estimate of drug-likeness (QED) is 0.345. The molecule has 162 valence electrons. The fourth-order valence-electron chi connectivity index (χ4n) is 2.66. The van der Waals surface area contributed by atoms with E-state index in [0.717, 1.165) is 6.07 Å². The molecule has 1 amide bonds. The van der Waals surface area contributed by atoms with Gasteiger partial charge in [-0.1, -0.05) is 0 Å². The third-order valence-corrected chi connectivity index (χ3v) is 3.93. The van der Waals surface area contributed by atoms with E-state index in [4.69, 9.17) is 9.84 Å². The Balaban J connectivity index is 1.96. The minimum Gasteiger partial charge on any atom is -0.476 e. The highest BCUT2D eigenvalue weighted by atomic mass is 16.6. The van der Waals surface area contributed by atoms with Crippen molar-refractivity contribution in [3.8, 4) is 11.4 Å². The first-order valence-corrected chi connectivity index (χ1v) is 8.89. The first-order chi connectivity index (χ1) is 14.4. The number of nitro groups is 1. The van der Waals surface area contributed by atoms with Gasteiger partial charge in [-0.2, -0.15) is 0 Å². The summed E-state index contributed by atoms with van der Waals surface area (Å²) < 4.78 is 5.08. The van der Waals surface area contributed by atoms with Gasteiger partial charge in [-0.3, -0.25) is 14.9 Å². The van der Waals surface area contributed by atoms with E-state index in [0.29, 0.717) is 5.69 Å². The molecule has 0 bridgehead atoms. The zero-order valence-corrected chi connectivity index (χ0v) is 16.7. The van der Waals surface area contributed by atoms with Crippen LogP contribution in [0.1, 0.15) is 37.0 Å². The van der Waals surface area contributed by atoms with E-state index in [-0.39, 0.29) is 34.7 Å². The number of amides is 1. The maximum absolute atomic E-state index is 11.8. The van der Waals surface area contributed by atoms with Crippen molar-refractivity contribution in [3.63, 3.8) is 0 Å². The van der Waals surface area contributed by atoms with E-state index in [1.54, 1.807) is 20.8 Å². The molecule has 0 aliphatic rings. The lowest BCUT2D eigenvalue weighted by Gasteiger charge is -2.19. The molecule has 0 spiro atoms. The second-order valence-electron chi connectivity index (χ2n) is 7.57. The van der Waals surface area contributed by atoms with Crippen LogP contribution in [-0.2, 0) is 11.3 Å². The van der Waals surface area contributed by atoms with Crippen molar-refractivity contribution in [3.05, 3.63) is 50.2 Å². The zero-order valence-electron chi connectivity index (χ0n) is 16.7. The molecule has 0 saturated heterocycles. The highest BCUT2D eigenvalue weighted by Crippen LogP contribution is 2.31. The lowest BCUT2D eigenvalue weighted by molar-refractivity contribution is -0.384. The summed E-state index contributed by atoms with van der Waals surface area (Å²) in [5.41, 5.74) is -2.19. The Morgan fingerprint density at radius 2 is 2.00 bits per heavy atom. The van der Waals surface area contributed by atoms with Gasteiger partial charge in [0, 0.05) is 11.6 Å². The smallest absolute Gasteiger partial charge is 0.407 e. The molecule has 3 aromatic rings. The molecule has 0 unspecified atom stereocenters. The maximum Gasteiger partial charge on any atom is 0.407 e. The summed E-state index contributed by atoms with van der Waals surface area (Å²) in [7, 11) is 0. The van der Waals surface area contributed by atoms with Crippen LogP contribution in [-0.4, -0.2) is 47.6 Å². The first kappa shape index (κ1) is 21.4. The molecule has 2 aromatic heterocycles. The number of rotatable bonds is 5. The molecule has 0 saturated carbocycles. The molecule has 13 nitrogen and oxygen atoms in total. The van der Waals surface area contributed by atoms with Crippen molar-refractivity contribution < 1.29 is 24.4 Å². The monoisotopic (exact) mass is 430 g/mol. The number of H-pyrrole nitrogens is 2. The number of carbonyl (C=O) groups is 2. The molecular weight excluding hydrogens is 412 g/mol. The van der Waals surface area contributed by atoms with Crippen LogP contribution >= 0.6 is 0 Å². The van der Waals surface area contributed by atoms with Gasteiger partial charge in [0.1, 0.15) is 12.4 Å². The summed E-state index contributed by atoms with van der Waals surface area (Å²) in [6.07, 6.45) is 0.700. The molecule has 0 aliphatic heterocycles. The zero-order chi connectivity index (χ0) is 22.9. The number of fused-ring (bicyclic) bond motifs is 1. The van der Waals surface area contributed by atoms with E-state index in [9.17, 15) is 24.5 Å². The highest BCUT2D eigenvalue weighted by Gasteiger charge is 2.22. The Morgan fingerprint density at radius 1 is 1.29 bits per heavy atom. The van der Waals surface area contributed by atoms with Crippen LogP contribution in [0.2, 0.25) is 0 Å². The number of carboxylic acid groups (broad SMARTS) is 1. The number of nitrogens with zero attached hydrogens (tertiary/aromatic N) is 3. The molecule has 0 radical (unpaired) electrons. The molecule has 4 N–H and O–H groups in total. The van der Waals surface area contributed by atoms with Gasteiger partial charge in [0.2, 0.25) is 5.69 Å². The molecule has 3 rings (SSSR count). The SMILES string of the molecule is CC(C)(C)NC(=O)OCc1cnc(-c2cc3nc(C(=O)O)c(=O)[nH]c3cc2[N+](=O)[O-])[nH]1. The fraction of sp³-hybridized carbons (Fsp3) is 0.278. The minimum atomic E-state index is -1.53.